The van der Waals surface area contributed by atoms with E-state index < -0.39 is 0 Å². The molecular formula is C17H20FN3. The van der Waals surface area contributed by atoms with Crippen LogP contribution in [0.25, 0.3) is 0 Å². The Morgan fingerprint density at radius 1 is 1.29 bits per heavy atom. The molecule has 2 aromatic rings. The van der Waals surface area contributed by atoms with Crippen LogP contribution in [0.1, 0.15) is 35.8 Å². The van der Waals surface area contributed by atoms with Crippen LogP contribution in [0.2, 0.25) is 0 Å². The molecule has 0 unspecified atom stereocenters. The zero-order valence-electron chi connectivity index (χ0n) is 12.3. The molecule has 0 amide bonds. The van der Waals surface area contributed by atoms with E-state index >= 15 is 0 Å². The second-order valence-electron chi connectivity index (χ2n) is 5.69. The van der Waals surface area contributed by atoms with Crippen molar-refractivity contribution in [3.63, 3.8) is 0 Å². The average molecular weight is 285 g/mol. The Balaban J connectivity index is 1.70. The first-order chi connectivity index (χ1) is 10.2. The van der Waals surface area contributed by atoms with Gasteiger partial charge in [-0.3, -0.25) is 4.90 Å². The lowest BCUT2D eigenvalue weighted by molar-refractivity contribution is 0.196. The summed E-state index contributed by atoms with van der Waals surface area (Å²) in [6, 6.07) is 9.04. The van der Waals surface area contributed by atoms with E-state index in [0.29, 0.717) is 12.5 Å². The van der Waals surface area contributed by atoms with Gasteiger partial charge in [0.15, 0.2) is 0 Å². The first kappa shape index (κ1) is 14.1. The summed E-state index contributed by atoms with van der Waals surface area (Å²) in [5, 5.41) is 0. The summed E-state index contributed by atoms with van der Waals surface area (Å²) in [6.45, 7) is 4.55. The molecular weight excluding hydrogens is 265 g/mol. The normalized spacial score (nSPS) is 19.6. The van der Waals surface area contributed by atoms with Gasteiger partial charge in [-0.2, -0.15) is 0 Å². The van der Waals surface area contributed by atoms with E-state index in [4.69, 9.17) is 0 Å². The Morgan fingerprint density at radius 3 is 2.95 bits per heavy atom. The first-order valence-electron chi connectivity index (χ1n) is 7.47. The summed E-state index contributed by atoms with van der Waals surface area (Å²) in [5.74, 6) is 1.13. The van der Waals surface area contributed by atoms with Gasteiger partial charge >= 0.3 is 0 Å². The largest absolute Gasteiger partial charge is 0.298 e. The van der Waals surface area contributed by atoms with Gasteiger partial charge in [0.2, 0.25) is 0 Å². The highest BCUT2D eigenvalue weighted by Crippen LogP contribution is 2.26. The number of hydrogen-bond acceptors (Lipinski definition) is 3. The van der Waals surface area contributed by atoms with Gasteiger partial charge < -0.3 is 0 Å². The zero-order valence-corrected chi connectivity index (χ0v) is 12.3. The molecule has 0 radical (unpaired) electrons. The molecule has 3 nitrogen and oxygen atoms in total. The molecule has 1 saturated heterocycles. The van der Waals surface area contributed by atoms with Crippen molar-refractivity contribution in [2.24, 2.45) is 0 Å². The Morgan fingerprint density at radius 2 is 2.14 bits per heavy atom. The van der Waals surface area contributed by atoms with Crippen LogP contribution in [0.5, 0.6) is 0 Å². The number of likely N-dealkylation sites (tertiary alicyclic amines) is 1. The van der Waals surface area contributed by atoms with Gasteiger partial charge in [0.1, 0.15) is 11.6 Å². The van der Waals surface area contributed by atoms with Gasteiger partial charge in [-0.25, -0.2) is 14.4 Å². The number of piperidine rings is 1. The molecule has 0 spiro atoms. The van der Waals surface area contributed by atoms with Gasteiger partial charge in [-0.05, 0) is 38.4 Å². The summed E-state index contributed by atoms with van der Waals surface area (Å²) < 4.78 is 13.8. The maximum absolute atomic E-state index is 13.8. The van der Waals surface area contributed by atoms with Crippen molar-refractivity contribution in [1.29, 1.82) is 0 Å². The second kappa shape index (κ2) is 6.31. The molecule has 0 aliphatic carbocycles. The Bertz CT molecular complexity index is 614. The van der Waals surface area contributed by atoms with Crippen LogP contribution in [0.15, 0.2) is 36.5 Å². The highest BCUT2D eigenvalue weighted by Gasteiger charge is 2.23. The molecule has 0 bridgehead atoms. The lowest BCUT2D eigenvalue weighted by Gasteiger charge is -2.32. The molecule has 1 aromatic heterocycles. The van der Waals surface area contributed by atoms with Crippen molar-refractivity contribution >= 4 is 0 Å². The second-order valence-corrected chi connectivity index (χ2v) is 5.69. The van der Waals surface area contributed by atoms with Gasteiger partial charge in [-0.15, -0.1) is 0 Å². The number of rotatable bonds is 3. The van der Waals surface area contributed by atoms with Gasteiger partial charge in [0, 0.05) is 36.5 Å². The highest BCUT2D eigenvalue weighted by molar-refractivity contribution is 5.17. The van der Waals surface area contributed by atoms with Crippen molar-refractivity contribution < 1.29 is 4.39 Å². The van der Waals surface area contributed by atoms with Crippen molar-refractivity contribution in [3.05, 3.63) is 59.4 Å². The zero-order chi connectivity index (χ0) is 14.7. The van der Waals surface area contributed by atoms with Gasteiger partial charge in [0.25, 0.3) is 0 Å². The van der Waals surface area contributed by atoms with Crippen LogP contribution in [0.4, 0.5) is 4.39 Å². The van der Waals surface area contributed by atoms with Crippen LogP contribution in [0, 0.1) is 12.7 Å². The third-order valence-corrected chi connectivity index (χ3v) is 4.07. The number of benzene rings is 1. The third-order valence-electron chi connectivity index (χ3n) is 4.07. The lowest BCUT2D eigenvalue weighted by atomic mass is 9.94. The molecule has 0 saturated carbocycles. The van der Waals surface area contributed by atoms with Gasteiger partial charge in [0.05, 0.1) is 0 Å². The van der Waals surface area contributed by atoms with Crippen molar-refractivity contribution in [3.8, 4) is 0 Å². The van der Waals surface area contributed by atoms with Crippen molar-refractivity contribution in [1.82, 2.24) is 14.9 Å². The van der Waals surface area contributed by atoms with Crippen LogP contribution in [0.3, 0.4) is 0 Å². The van der Waals surface area contributed by atoms with E-state index in [2.05, 4.69) is 14.9 Å². The molecule has 4 heteroatoms. The van der Waals surface area contributed by atoms with Crippen LogP contribution >= 0.6 is 0 Å². The van der Waals surface area contributed by atoms with E-state index in [1.807, 2.05) is 31.3 Å². The Kier molecular flexibility index (Phi) is 4.25. The minimum Gasteiger partial charge on any atom is -0.298 e. The predicted octanol–water partition coefficient (Wildman–Crippen LogP) is 3.30. The monoisotopic (exact) mass is 285 g/mol. The summed E-state index contributed by atoms with van der Waals surface area (Å²) >= 11 is 0. The van der Waals surface area contributed by atoms with Crippen molar-refractivity contribution in [2.75, 3.05) is 13.1 Å². The number of aryl methyl sites for hydroxylation is 1. The van der Waals surface area contributed by atoms with E-state index in [1.165, 1.54) is 6.07 Å². The minimum atomic E-state index is -0.113. The molecule has 1 aliphatic heterocycles. The number of halogens is 1. The van der Waals surface area contributed by atoms with E-state index in [0.717, 1.165) is 43.0 Å². The van der Waals surface area contributed by atoms with E-state index in [9.17, 15) is 4.39 Å². The Hall–Kier alpha value is -1.81. The van der Waals surface area contributed by atoms with Crippen LogP contribution in [-0.2, 0) is 6.54 Å². The standard InChI is InChI=1S/C17H20FN3/c1-13-19-9-8-17(20-13)15-6-4-10-21(12-15)11-14-5-2-3-7-16(14)18/h2-3,5,7-9,15H,4,6,10-12H2,1H3/t15-/m0/s1. The topological polar surface area (TPSA) is 29.0 Å². The maximum Gasteiger partial charge on any atom is 0.127 e. The lowest BCUT2D eigenvalue weighted by Crippen LogP contribution is -2.34. The summed E-state index contributed by atoms with van der Waals surface area (Å²) in [6.07, 6.45) is 4.10. The molecule has 110 valence electrons. The fraction of sp³-hybridized carbons (Fsp3) is 0.412. The summed E-state index contributed by atoms with van der Waals surface area (Å²) in [5.41, 5.74) is 1.89. The molecule has 3 rings (SSSR count). The molecule has 1 aliphatic rings. The molecule has 1 atom stereocenters. The number of hydrogen-bond donors (Lipinski definition) is 0. The van der Waals surface area contributed by atoms with Crippen LogP contribution < -0.4 is 0 Å². The molecule has 21 heavy (non-hydrogen) atoms. The quantitative estimate of drug-likeness (QED) is 0.866. The van der Waals surface area contributed by atoms with Crippen molar-refractivity contribution in [2.45, 2.75) is 32.2 Å². The predicted molar refractivity (Wildman–Crippen MR) is 80.4 cm³/mol. The smallest absolute Gasteiger partial charge is 0.127 e. The SMILES string of the molecule is Cc1nccc([C@H]2CCCN(Cc3ccccc3F)C2)n1. The molecule has 1 fully saturated rings. The summed E-state index contributed by atoms with van der Waals surface area (Å²) in [7, 11) is 0. The maximum atomic E-state index is 13.8. The number of nitrogens with zero attached hydrogens (tertiary/aromatic N) is 3. The fourth-order valence-electron chi connectivity index (χ4n) is 3.01. The average Bonchev–Trinajstić information content (AvgIpc) is 2.50. The summed E-state index contributed by atoms with van der Waals surface area (Å²) in [4.78, 5) is 11.0. The van der Waals surface area contributed by atoms with Crippen LogP contribution in [-0.4, -0.2) is 28.0 Å². The highest BCUT2D eigenvalue weighted by atomic mass is 19.1. The molecule has 0 N–H and O–H groups in total. The van der Waals surface area contributed by atoms with E-state index in [1.54, 1.807) is 6.07 Å². The molecule has 2 heterocycles. The first-order valence-corrected chi connectivity index (χ1v) is 7.47. The third kappa shape index (κ3) is 3.45. The van der Waals surface area contributed by atoms with Gasteiger partial charge in [-0.1, -0.05) is 18.2 Å². The van der Waals surface area contributed by atoms with E-state index in [-0.39, 0.29) is 5.82 Å². The molecule has 1 aromatic carbocycles. The number of aromatic nitrogens is 2. The Labute approximate surface area is 124 Å². The minimum absolute atomic E-state index is 0.113. The fourth-order valence-corrected chi connectivity index (χ4v) is 3.01.